The molecular formula is C30H35NO4. The highest BCUT2D eigenvalue weighted by Gasteiger charge is 2.66. The van der Waals surface area contributed by atoms with Gasteiger partial charge in [-0.3, -0.25) is 9.59 Å². The molecule has 5 heteroatoms. The highest BCUT2D eigenvalue weighted by Crippen LogP contribution is 2.68. The molecule has 0 radical (unpaired) electrons. The van der Waals surface area contributed by atoms with E-state index in [1.165, 1.54) is 11.1 Å². The van der Waals surface area contributed by atoms with E-state index in [0.717, 1.165) is 44.1 Å². The van der Waals surface area contributed by atoms with Crippen molar-refractivity contribution >= 4 is 18.0 Å². The van der Waals surface area contributed by atoms with E-state index in [-0.39, 0.29) is 34.1 Å². The van der Waals surface area contributed by atoms with Crippen LogP contribution in [0.4, 0.5) is 0 Å². The number of nitrogens with zero attached hydrogens (tertiary/aromatic N) is 1. The quantitative estimate of drug-likeness (QED) is 0.235. The van der Waals surface area contributed by atoms with Gasteiger partial charge in [0.15, 0.2) is 5.78 Å². The lowest BCUT2D eigenvalue weighted by atomic mass is 9.48. The van der Waals surface area contributed by atoms with Crippen LogP contribution in [0.1, 0.15) is 70.8 Å². The summed E-state index contributed by atoms with van der Waals surface area (Å²) in [5, 5.41) is 4.45. The van der Waals surface area contributed by atoms with Crippen LogP contribution in [-0.2, 0) is 25.8 Å². The molecular weight excluding hydrogens is 438 g/mol. The van der Waals surface area contributed by atoms with E-state index in [9.17, 15) is 9.59 Å². The second-order valence-electron chi connectivity index (χ2n) is 11.8. The molecule has 0 amide bonds. The van der Waals surface area contributed by atoms with Gasteiger partial charge in [0, 0.05) is 35.8 Å². The van der Waals surface area contributed by atoms with E-state index >= 15 is 0 Å². The Balaban J connectivity index is 1.34. The molecule has 1 spiro atoms. The third kappa shape index (κ3) is 3.45. The smallest absolute Gasteiger partial charge is 0.306 e. The highest BCUT2D eigenvalue weighted by atomic mass is 16.6. The molecule has 6 atom stereocenters. The predicted octanol–water partition coefficient (Wildman–Crippen LogP) is 5.94. The number of ether oxygens (including phenoxy) is 1. The van der Waals surface area contributed by atoms with Gasteiger partial charge in [0.05, 0.1) is 0 Å². The molecule has 2 saturated carbocycles. The summed E-state index contributed by atoms with van der Waals surface area (Å²) in [6.07, 6.45) is 13.0. The van der Waals surface area contributed by atoms with Crippen LogP contribution >= 0.6 is 0 Å². The topological polar surface area (TPSA) is 65.0 Å². The maximum absolute atomic E-state index is 12.4. The lowest BCUT2D eigenvalue weighted by molar-refractivity contribution is -0.160. The van der Waals surface area contributed by atoms with Crippen LogP contribution in [0.2, 0.25) is 0 Å². The number of hydrogen-bond donors (Lipinski definition) is 0. The first-order chi connectivity index (χ1) is 16.8. The lowest BCUT2D eigenvalue weighted by Gasteiger charge is -2.56. The van der Waals surface area contributed by atoms with Gasteiger partial charge < -0.3 is 9.57 Å². The third-order valence-corrected chi connectivity index (χ3v) is 10.2. The number of rotatable bonds is 4. The number of fused-ring (bicyclic) bond motifs is 6. The lowest BCUT2D eigenvalue weighted by Crippen LogP contribution is -2.53. The van der Waals surface area contributed by atoms with Crippen LogP contribution in [-0.4, -0.2) is 23.6 Å². The average Bonchev–Trinajstić information content (AvgIpc) is 3.38. The van der Waals surface area contributed by atoms with Crippen molar-refractivity contribution in [3.05, 3.63) is 59.2 Å². The van der Waals surface area contributed by atoms with Crippen molar-refractivity contribution in [2.24, 2.45) is 33.7 Å². The van der Waals surface area contributed by atoms with Gasteiger partial charge in [-0.2, -0.15) is 0 Å². The Hall–Kier alpha value is -2.69. The summed E-state index contributed by atoms with van der Waals surface area (Å²) in [5.41, 5.74) is 3.36. The molecule has 6 rings (SSSR count). The van der Waals surface area contributed by atoms with E-state index in [2.05, 4.69) is 25.1 Å². The SMILES string of the molecule is C[C@]12CCC(=O)C=C1CC(C=NOCc1ccccc1)C1C2=CC[C@@]2(C)C1CC[C@@]21CCC(=O)O1. The first-order valence-electron chi connectivity index (χ1n) is 13.2. The number of ketones is 1. The standard InChI is InChI=1S/C30H35NO4/c1-28-12-8-23(32)17-22(28)16-21(18-31-34-19-20-6-4-3-5-7-20)27-24(28)9-13-29(2)25(27)10-14-30(29)15-11-26(33)35-30/h3-7,9,17-18,21,25,27H,8,10-16,19H2,1-2H3/t21?,25?,27?,28-,29-,30+/m0/s1. The van der Waals surface area contributed by atoms with Crippen molar-refractivity contribution in [3.8, 4) is 0 Å². The largest absolute Gasteiger partial charge is 0.458 e. The molecule has 1 aromatic rings. The molecule has 4 aliphatic carbocycles. The van der Waals surface area contributed by atoms with Gasteiger partial charge >= 0.3 is 5.97 Å². The monoisotopic (exact) mass is 473 g/mol. The van der Waals surface area contributed by atoms with Crippen molar-refractivity contribution in [3.63, 3.8) is 0 Å². The number of esters is 1. The van der Waals surface area contributed by atoms with Crippen molar-refractivity contribution < 1.29 is 19.2 Å². The first kappa shape index (κ1) is 22.8. The van der Waals surface area contributed by atoms with Crippen LogP contribution in [0.5, 0.6) is 0 Å². The number of carbonyl (C=O) groups excluding carboxylic acids is 2. The second-order valence-corrected chi connectivity index (χ2v) is 11.8. The average molecular weight is 474 g/mol. The number of hydrogen-bond acceptors (Lipinski definition) is 5. The molecule has 3 fully saturated rings. The summed E-state index contributed by atoms with van der Waals surface area (Å²) in [6, 6.07) is 10.1. The maximum atomic E-state index is 12.4. The van der Waals surface area contributed by atoms with Gasteiger partial charge in [-0.15, -0.1) is 0 Å². The molecule has 5 nitrogen and oxygen atoms in total. The summed E-state index contributed by atoms with van der Waals surface area (Å²) in [7, 11) is 0. The van der Waals surface area contributed by atoms with Crippen LogP contribution < -0.4 is 0 Å². The normalized spacial score (nSPS) is 40.1. The third-order valence-electron chi connectivity index (χ3n) is 10.2. The minimum Gasteiger partial charge on any atom is -0.458 e. The molecule has 3 unspecified atom stereocenters. The summed E-state index contributed by atoms with van der Waals surface area (Å²) in [4.78, 5) is 30.3. The summed E-state index contributed by atoms with van der Waals surface area (Å²) < 4.78 is 6.11. The van der Waals surface area contributed by atoms with E-state index in [1.807, 2.05) is 42.6 Å². The van der Waals surface area contributed by atoms with E-state index in [1.54, 1.807) is 0 Å². The number of carbonyl (C=O) groups is 2. The van der Waals surface area contributed by atoms with Gasteiger partial charge in [-0.05, 0) is 62.0 Å². The Morgan fingerprint density at radius 1 is 1.11 bits per heavy atom. The van der Waals surface area contributed by atoms with Crippen molar-refractivity contribution in [2.45, 2.75) is 77.4 Å². The predicted molar refractivity (Wildman–Crippen MR) is 133 cm³/mol. The second kappa shape index (κ2) is 8.18. The van der Waals surface area contributed by atoms with E-state index in [0.29, 0.717) is 31.3 Å². The molecule has 5 aliphatic rings. The zero-order valence-electron chi connectivity index (χ0n) is 20.8. The van der Waals surface area contributed by atoms with Gasteiger partial charge in [-0.25, -0.2) is 0 Å². The Labute approximate surface area is 207 Å². The molecule has 1 heterocycles. The fourth-order valence-corrected chi connectivity index (χ4v) is 8.15. The number of benzene rings is 1. The molecule has 1 aromatic carbocycles. The van der Waals surface area contributed by atoms with Crippen LogP contribution in [0, 0.1) is 28.6 Å². The minimum atomic E-state index is -0.332. The van der Waals surface area contributed by atoms with Crippen LogP contribution in [0.25, 0.3) is 0 Å². The Bertz CT molecular complexity index is 1140. The summed E-state index contributed by atoms with van der Waals surface area (Å²) >= 11 is 0. The molecule has 1 aliphatic heterocycles. The number of oxime groups is 1. The van der Waals surface area contributed by atoms with Crippen molar-refractivity contribution in [2.75, 3.05) is 0 Å². The maximum Gasteiger partial charge on any atom is 0.306 e. The number of allylic oxidation sites excluding steroid dienone is 4. The zero-order chi connectivity index (χ0) is 24.3. The molecule has 0 aromatic heterocycles. The Morgan fingerprint density at radius 3 is 2.71 bits per heavy atom. The minimum absolute atomic E-state index is 0.0410. The van der Waals surface area contributed by atoms with E-state index in [4.69, 9.17) is 9.57 Å². The Kier molecular flexibility index (Phi) is 5.32. The van der Waals surface area contributed by atoms with Crippen molar-refractivity contribution in [1.29, 1.82) is 0 Å². The molecule has 1 saturated heterocycles. The molecule has 0 N–H and O–H groups in total. The van der Waals surface area contributed by atoms with Crippen LogP contribution in [0.3, 0.4) is 0 Å². The summed E-state index contributed by atoms with van der Waals surface area (Å²) in [5.74, 6) is 1.12. The van der Waals surface area contributed by atoms with Gasteiger partial charge in [0.1, 0.15) is 12.2 Å². The van der Waals surface area contributed by atoms with Gasteiger partial charge in [0.25, 0.3) is 0 Å². The fourth-order valence-electron chi connectivity index (χ4n) is 8.15. The molecule has 184 valence electrons. The van der Waals surface area contributed by atoms with Crippen molar-refractivity contribution in [1.82, 2.24) is 0 Å². The first-order valence-corrected chi connectivity index (χ1v) is 13.2. The Morgan fingerprint density at radius 2 is 1.94 bits per heavy atom. The highest BCUT2D eigenvalue weighted by molar-refractivity contribution is 5.92. The molecule has 35 heavy (non-hydrogen) atoms. The zero-order valence-corrected chi connectivity index (χ0v) is 20.8. The fraction of sp³-hybridized carbons (Fsp3) is 0.567. The summed E-state index contributed by atoms with van der Waals surface area (Å²) in [6.45, 7) is 5.14. The van der Waals surface area contributed by atoms with Gasteiger partial charge in [0.2, 0.25) is 0 Å². The molecule has 0 bridgehead atoms. The van der Waals surface area contributed by atoms with Crippen LogP contribution in [0.15, 0.2) is 58.8 Å². The van der Waals surface area contributed by atoms with Gasteiger partial charge in [-0.1, -0.05) is 66.6 Å². The van der Waals surface area contributed by atoms with E-state index < -0.39 is 0 Å².